The Bertz CT molecular complexity index is 498. The first kappa shape index (κ1) is 12.9. The molecule has 0 saturated heterocycles. The van der Waals surface area contributed by atoms with Crippen LogP contribution in [0.4, 0.5) is 0 Å². The molecule has 3 rings (SSSR count). The van der Waals surface area contributed by atoms with Crippen LogP contribution in [0.3, 0.4) is 0 Å². The van der Waals surface area contributed by atoms with Gasteiger partial charge in [-0.1, -0.05) is 17.7 Å². The van der Waals surface area contributed by atoms with Gasteiger partial charge in [-0.2, -0.15) is 0 Å². The van der Waals surface area contributed by atoms with Gasteiger partial charge >= 0.3 is 0 Å². The van der Waals surface area contributed by atoms with Crippen molar-refractivity contribution >= 4 is 17.2 Å². The van der Waals surface area contributed by atoms with E-state index in [0.717, 1.165) is 31.4 Å². The van der Waals surface area contributed by atoms with Gasteiger partial charge in [-0.05, 0) is 37.0 Å². The third kappa shape index (κ3) is 2.91. The molecule has 0 spiro atoms. The molecule has 0 bridgehead atoms. The summed E-state index contributed by atoms with van der Waals surface area (Å²) >= 11 is 5.97. The standard InChI is InChI=1S/C14H17ClN2O2/c15-13-2-1-12(9-3-5-18-6-4-9)14(17-13)19-11-7-10(16)8-11/h1-3,10-11H,4-8,16H2/t10-,11-. The average molecular weight is 281 g/mol. The normalized spacial score (nSPS) is 26.5. The molecule has 2 aliphatic rings. The van der Waals surface area contributed by atoms with E-state index in [2.05, 4.69) is 11.1 Å². The lowest BCUT2D eigenvalue weighted by atomic mass is 9.90. The number of pyridine rings is 1. The highest BCUT2D eigenvalue weighted by Gasteiger charge is 2.29. The van der Waals surface area contributed by atoms with Crippen LogP contribution in [0.15, 0.2) is 18.2 Å². The third-order valence-electron chi connectivity index (χ3n) is 3.55. The van der Waals surface area contributed by atoms with Crippen LogP contribution in [0.1, 0.15) is 24.8 Å². The van der Waals surface area contributed by atoms with Crippen molar-refractivity contribution in [3.8, 4) is 5.88 Å². The van der Waals surface area contributed by atoms with E-state index in [1.54, 1.807) is 6.07 Å². The van der Waals surface area contributed by atoms with Crippen molar-refractivity contribution in [2.24, 2.45) is 5.73 Å². The van der Waals surface area contributed by atoms with E-state index in [9.17, 15) is 0 Å². The van der Waals surface area contributed by atoms with Crippen LogP contribution in [0, 0.1) is 0 Å². The third-order valence-corrected chi connectivity index (χ3v) is 3.76. The lowest BCUT2D eigenvalue weighted by Crippen LogP contribution is -2.43. The summed E-state index contributed by atoms with van der Waals surface area (Å²) < 4.78 is 11.3. The zero-order chi connectivity index (χ0) is 13.2. The van der Waals surface area contributed by atoms with Crippen molar-refractivity contribution in [1.29, 1.82) is 0 Å². The average Bonchev–Trinajstić information content (AvgIpc) is 2.38. The van der Waals surface area contributed by atoms with E-state index in [0.29, 0.717) is 17.6 Å². The minimum atomic E-state index is 0.167. The van der Waals surface area contributed by atoms with Crippen molar-refractivity contribution in [2.75, 3.05) is 13.2 Å². The van der Waals surface area contributed by atoms with Crippen LogP contribution in [0.25, 0.3) is 5.57 Å². The molecule has 0 atom stereocenters. The fraction of sp³-hybridized carbons (Fsp3) is 0.500. The van der Waals surface area contributed by atoms with Crippen LogP contribution in [0.5, 0.6) is 5.88 Å². The van der Waals surface area contributed by atoms with E-state index >= 15 is 0 Å². The second kappa shape index (κ2) is 5.49. The molecule has 1 aromatic heterocycles. The number of nitrogens with two attached hydrogens (primary N) is 1. The number of hydrogen-bond acceptors (Lipinski definition) is 4. The summed E-state index contributed by atoms with van der Waals surface area (Å²) in [7, 11) is 0. The number of halogens is 1. The number of nitrogens with zero attached hydrogens (tertiary/aromatic N) is 1. The largest absolute Gasteiger partial charge is 0.474 e. The molecule has 2 heterocycles. The molecule has 19 heavy (non-hydrogen) atoms. The smallest absolute Gasteiger partial charge is 0.222 e. The second-order valence-corrected chi connectivity index (χ2v) is 5.40. The molecule has 1 aliphatic heterocycles. The van der Waals surface area contributed by atoms with E-state index < -0.39 is 0 Å². The molecule has 1 saturated carbocycles. The predicted octanol–water partition coefficient (Wildman–Crippen LogP) is 2.41. The zero-order valence-corrected chi connectivity index (χ0v) is 11.4. The van der Waals surface area contributed by atoms with E-state index in [1.807, 2.05) is 6.07 Å². The Morgan fingerprint density at radius 1 is 1.37 bits per heavy atom. The van der Waals surface area contributed by atoms with Gasteiger partial charge in [0.1, 0.15) is 11.3 Å². The van der Waals surface area contributed by atoms with Gasteiger partial charge in [-0.25, -0.2) is 4.98 Å². The SMILES string of the molecule is N[C@H]1C[C@H](Oc2nc(Cl)ccc2C2=CCOCC2)C1. The van der Waals surface area contributed by atoms with E-state index in [-0.39, 0.29) is 12.1 Å². The topological polar surface area (TPSA) is 57.4 Å². The van der Waals surface area contributed by atoms with Gasteiger partial charge in [0.15, 0.2) is 0 Å². The van der Waals surface area contributed by atoms with Gasteiger partial charge in [-0.15, -0.1) is 0 Å². The zero-order valence-electron chi connectivity index (χ0n) is 10.6. The summed E-state index contributed by atoms with van der Waals surface area (Å²) in [5.74, 6) is 0.623. The van der Waals surface area contributed by atoms with Crippen molar-refractivity contribution in [2.45, 2.75) is 31.4 Å². The summed E-state index contributed by atoms with van der Waals surface area (Å²) in [6, 6.07) is 4.03. The van der Waals surface area contributed by atoms with Crippen molar-refractivity contribution in [1.82, 2.24) is 4.98 Å². The summed E-state index contributed by atoms with van der Waals surface area (Å²) in [5, 5.41) is 0.454. The Labute approximate surface area is 117 Å². The van der Waals surface area contributed by atoms with Crippen LogP contribution < -0.4 is 10.5 Å². The maximum Gasteiger partial charge on any atom is 0.222 e. The minimum absolute atomic E-state index is 0.167. The Balaban J connectivity index is 1.84. The first-order valence-corrected chi connectivity index (χ1v) is 6.96. The van der Waals surface area contributed by atoms with Gasteiger partial charge in [0, 0.05) is 11.6 Å². The van der Waals surface area contributed by atoms with Crippen LogP contribution >= 0.6 is 11.6 Å². The summed E-state index contributed by atoms with van der Waals surface area (Å²) in [6.07, 6.45) is 4.89. The Morgan fingerprint density at radius 3 is 2.89 bits per heavy atom. The molecular weight excluding hydrogens is 264 g/mol. The molecule has 2 N–H and O–H groups in total. The first-order valence-electron chi connectivity index (χ1n) is 6.58. The van der Waals surface area contributed by atoms with Crippen LogP contribution in [-0.2, 0) is 4.74 Å². The van der Waals surface area contributed by atoms with Gasteiger partial charge < -0.3 is 15.2 Å². The molecule has 5 heteroatoms. The van der Waals surface area contributed by atoms with Gasteiger partial charge in [0.2, 0.25) is 5.88 Å². The molecule has 0 amide bonds. The number of ether oxygens (including phenoxy) is 2. The Kier molecular flexibility index (Phi) is 3.73. The van der Waals surface area contributed by atoms with Gasteiger partial charge in [0.05, 0.1) is 13.2 Å². The highest BCUT2D eigenvalue weighted by molar-refractivity contribution is 6.29. The van der Waals surface area contributed by atoms with Gasteiger partial charge in [-0.3, -0.25) is 0 Å². The second-order valence-electron chi connectivity index (χ2n) is 5.01. The van der Waals surface area contributed by atoms with E-state index in [4.69, 9.17) is 26.8 Å². The number of hydrogen-bond donors (Lipinski definition) is 1. The molecular formula is C14H17ClN2O2. The molecule has 0 radical (unpaired) electrons. The van der Waals surface area contributed by atoms with Gasteiger partial charge in [0.25, 0.3) is 0 Å². The Morgan fingerprint density at radius 2 is 2.21 bits per heavy atom. The summed E-state index contributed by atoms with van der Waals surface area (Å²) in [4.78, 5) is 4.32. The molecule has 102 valence electrons. The lowest BCUT2D eigenvalue weighted by molar-refractivity contribution is 0.0953. The molecule has 4 nitrogen and oxygen atoms in total. The fourth-order valence-corrected chi connectivity index (χ4v) is 2.52. The molecule has 1 aromatic rings. The molecule has 1 fully saturated rings. The monoisotopic (exact) mass is 280 g/mol. The molecule has 0 unspecified atom stereocenters. The fourth-order valence-electron chi connectivity index (χ4n) is 2.38. The maximum absolute atomic E-state index is 5.97. The highest BCUT2D eigenvalue weighted by Crippen LogP contribution is 2.32. The molecule has 1 aliphatic carbocycles. The predicted molar refractivity (Wildman–Crippen MR) is 74.3 cm³/mol. The van der Waals surface area contributed by atoms with Crippen molar-refractivity contribution in [3.63, 3.8) is 0 Å². The van der Waals surface area contributed by atoms with Crippen molar-refractivity contribution in [3.05, 3.63) is 28.9 Å². The van der Waals surface area contributed by atoms with Crippen LogP contribution in [0.2, 0.25) is 5.15 Å². The maximum atomic E-state index is 5.97. The highest BCUT2D eigenvalue weighted by atomic mass is 35.5. The van der Waals surface area contributed by atoms with Crippen molar-refractivity contribution < 1.29 is 9.47 Å². The quantitative estimate of drug-likeness (QED) is 0.864. The number of rotatable bonds is 3. The summed E-state index contributed by atoms with van der Waals surface area (Å²) in [5.41, 5.74) is 8.02. The Hall–Kier alpha value is -1.10. The lowest BCUT2D eigenvalue weighted by Gasteiger charge is -2.32. The van der Waals surface area contributed by atoms with E-state index in [1.165, 1.54) is 5.57 Å². The minimum Gasteiger partial charge on any atom is -0.474 e. The number of aromatic nitrogens is 1. The molecule has 0 aromatic carbocycles. The summed E-state index contributed by atoms with van der Waals surface area (Å²) in [6.45, 7) is 1.38. The van der Waals surface area contributed by atoms with Crippen LogP contribution in [-0.4, -0.2) is 30.3 Å². The first-order chi connectivity index (χ1) is 9.22.